The predicted octanol–water partition coefficient (Wildman–Crippen LogP) is 3.62. The number of hydrogen-bond acceptors (Lipinski definition) is 5. The first-order valence-electron chi connectivity index (χ1n) is 9.02. The normalized spacial score (nSPS) is 15.8. The van der Waals surface area contributed by atoms with E-state index in [9.17, 15) is 13.0 Å². The third-order valence-electron chi connectivity index (χ3n) is 4.81. The lowest BCUT2D eigenvalue weighted by Gasteiger charge is -2.30. The van der Waals surface area contributed by atoms with Gasteiger partial charge in [-0.1, -0.05) is 11.6 Å². The number of piperazine rings is 1. The van der Waals surface area contributed by atoms with Crippen LogP contribution in [-0.2, 0) is 11.0 Å². The van der Waals surface area contributed by atoms with Gasteiger partial charge in [0.1, 0.15) is 11.4 Å². The van der Waals surface area contributed by atoms with Crippen LogP contribution in [0, 0.1) is 0 Å². The van der Waals surface area contributed by atoms with Crippen molar-refractivity contribution in [2.24, 2.45) is 0 Å². The van der Waals surface area contributed by atoms with E-state index in [2.05, 4.69) is 15.3 Å². The molecule has 1 atom stereocenters. The van der Waals surface area contributed by atoms with Gasteiger partial charge in [0.15, 0.2) is 11.0 Å². The number of nitrogens with zero attached hydrogens (tertiary/aromatic N) is 3. The first-order chi connectivity index (χ1) is 14.0. The summed E-state index contributed by atoms with van der Waals surface area (Å²) < 4.78 is 46.7. The molecule has 4 rings (SSSR count). The van der Waals surface area contributed by atoms with Gasteiger partial charge in [-0.25, -0.2) is 13.0 Å². The molecule has 29 heavy (non-hydrogen) atoms. The Labute approximate surface area is 174 Å². The minimum atomic E-state index is -2.79. The molecule has 1 aliphatic rings. The lowest BCUT2D eigenvalue weighted by atomic mass is 10.2. The highest BCUT2D eigenvalue weighted by molar-refractivity contribution is 7.83. The first kappa shape index (κ1) is 20.1. The quantitative estimate of drug-likeness (QED) is 0.656. The largest absolute Gasteiger partial charge is 0.495 e. The van der Waals surface area contributed by atoms with Crippen LogP contribution in [0.2, 0.25) is 5.02 Å². The van der Waals surface area contributed by atoms with E-state index in [0.717, 1.165) is 36.0 Å². The second-order valence-electron chi connectivity index (χ2n) is 6.54. The Kier molecular flexibility index (Phi) is 5.71. The molecule has 0 radical (unpaired) electrons. The van der Waals surface area contributed by atoms with Crippen LogP contribution in [0.3, 0.4) is 0 Å². The molecule has 1 aromatic heterocycles. The maximum absolute atomic E-state index is 13.4. The Morgan fingerprint density at radius 1 is 1.21 bits per heavy atom. The molecule has 2 heterocycles. The fraction of sp³-hybridized carbons (Fsp3) is 0.316. The van der Waals surface area contributed by atoms with Gasteiger partial charge < -0.3 is 15.0 Å². The fourth-order valence-electron chi connectivity index (χ4n) is 3.40. The van der Waals surface area contributed by atoms with Gasteiger partial charge in [0, 0.05) is 36.6 Å². The number of hydrogen-bond donors (Lipinski definition) is 1. The van der Waals surface area contributed by atoms with Crippen molar-refractivity contribution in [1.82, 2.24) is 14.5 Å². The summed E-state index contributed by atoms with van der Waals surface area (Å²) in [6.07, 6.45) is -2.79. The van der Waals surface area contributed by atoms with E-state index in [0.29, 0.717) is 21.2 Å². The van der Waals surface area contributed by atoms with E-state index < -0.39 is 23.1 Å². The van der Waals surface area contributed by atoms with Crippen molar-refractivity contribution in [3.63, 3.8) is 0 Å². The third kappa shape index (κ3) is 3.82. The second kappa shape index (κ2) is 8.25. The maximum atomic E-state index is 13.4. The summed E-state index contributed by atoms with van der Waals surface area (Å²) in [5.74, 6) is 0.661. The Morgan fingerprint density at radius 3 is 2.66 bits per heavy atom. The number of rotatable bonds is 5. The Bertz CT molecular complexity index is 1070. The molecule has 6 nitrogen and oxygen atoms in total. The molecule has 2 aromatic carbocycles. The molecule has 10 heteroatoms. The van der Waals surface area contributed by atoms with Crippen LogP contribution in [0.25, 0.3) is 10.9 Å². The van der Waals surface area contributed by atoms with E-state index in [1.165, 1.54) is 18.2 Å². The topological polar surface area (TPSA) is 59.4 Å². The lowest BCUT2D eigenvalue weighted by Crippen LogP contribution is -2.43. The van der Waals surface area contributed by atoms with E-state index in [1.54, 1.807) is 25.3 Å². The van der Waals surface area contributed by atoms with E-state index >= 15 is 0 Å². The van der Waals surface area contributed by atoms with Crippen LogP contribution >= 0.6 is 11.6 Å². The smallest absolute Gasteiger partial charge is 0.282 e. The van der Waals surface area contributed by atoms with Crippen LogP contribution in [0.5, 0.6) is 5.75 Å². The molecule has 1 fully saturated rings. The van der Waals surface area contributed by atoms with Crippen LogP contribution in [0.4, 0.5) is 14.5 Å². The fourth-order valence-corrected chi connectivity index (χ4v) is 4.66. The van der Waals surface area contributed by atoms with E-state index in [-0.39, 0.29) is 5.39 Å². The summed E-state index contributed by atoms with van der Waals surface area (Å²) >= 11 is 6.04. The number of fused-ring (bicyclic) bond motifs is 1. The lowest BCUT2D eigenvalue weighted by molar-refractivity contribution is 0.147. The average Bonchev–Trinajstić information content (AvgIpc) is 3.12. The second-order valence-corrected chi connectivity index (χ2v) is 8.29. The van der Waals surface area contributed by atoms with Gasteiger partial charge >= 0.3 is 0 Å². The molecule has 0 saturated carbocycles. The van der Waals surface area contributed by atoms with Crippen molar-refractivity contribution in [2.45, 2.75) is 11.3 Å². The summed E-state index contributed by atoms with van der Waals surface area (Å²) in [5, 5.41) is 7.81. The Balaban J connectivity index is 1.80. The van der Waals surface area contributed by atoms with Crippen molar-refractivity contribution >= 4 is 39.2 Å². The van der Waals surface area contributed by atoms with E-state index in [1.807, 2.05) is 0 Å². The predicted molar refractivity (Wildman–Crippen MR) is 110 cm³/mol. The standard InChI is InChI=1S/C19H19ClF2N4O2S/c1-28-17-5-3-13(11-16(17)25-8-6-23-7-9-25)29(27)26-15-10-12(20)2-4-14(15)18(24-26)19(21)22/h2-5,10-11,19,23H,6-9H2,1H3. The minimum absolute atomic E-state index is 0.230. The van der Waals surface area contributed by atoms with E-state index in [4.69, 9.17) is 16.3 Å². The SMILES string of the molecule is COc1ccc(S(=O)n2nc(C(F)F)c3ccc(Cl)cc32)cc1N1CCNCC1. The number of aromatic nitrogens is 2. The zero-order chi connectivity index (χ0) is 20.5. The van der Waals surface area contributed by atoms with Crippen molar-refractivity contribution < 1.29 is 17.7 Å². The van der Waals surface area contributed by atoms with Gasteiger partial charge in [-0.2, -0.15) is 9.19 Å². The Morgan fingerprint density at radius 2 is 1.97 bits per heavy atom. The van der Waals surface area contributed by atoms with Gasteiger partial charge in [0.25, 0.3) is 6.43 Å². The van der Waals surface area contributed by atoms with Gasteiger partial charge in [-0.3, -0.25) is 0 Å². The van der Waals surface area contributed by atoms with Crippen LogP contribution in [0.1, 0.15) is 12.1 Å². The van der Waals surface area contributed by atoms with Crippen molar-refractivity contribution in [1.29, 1.82) is 0 Å². The van der Waals surface area contributed by atoms with Gasteiger partial charge in [-0.05, 0) is 36.4 Å². The molecule has 154 valence electrons. The molecule has 1 saturated heterocycles. The highest BCUT2D eigenvalue weighted by Gasteiger charge is 2.23. The molecule has 1 aliphatic heterocycles. The van der Waals surface area contributed by atoms with Crippen LogP contribution < -0.4 is 15.0 Å². The van der Waals surface area contributed by atoms with Gasteiger partial charge in [-0.15, -0.1) is 0 Å². The highest BCUT2D eigenvalue weighted by Crippen LogP contribution is 2.33. The highest BCUT2D eigenvalue weighted by atomic mass is 35.5. The number of methoxy groups -OCH3 is 1. The van der Waals surface area contributed by atoms with Gasteiger partial charge in [0.05, 0.1) is 23.2 Å². The zero-order valence-electron chi connectivity index (χ0n) is 15.6. The monoisotopic (exact) mass is 440 g/mol. The summed E-state index contributed by atoms with van der Waals surface area (Å²) in [5.41, 5.74) is 0.690. The summed E-state index contributed by atoms with van der Waals surface area (Å²) in [7, 11) is -0.256. The molecule has 1 N–H and O–H groups in total. The average molecular weight is 441 g/mol. The first-order valence-corrected chi connectivity index (χ1v) is 10.5. The van der Waals surface area contributed by atoms with Crippen molar-refractivity contribution in [3.8, 4) is 5.75 Å². The molecule has 0 aliphatic carbocycles. The molecule has 0 amide bonds. The minimum Gasteiger partial charge on any atom is -0.495 e. The van der Waals surface area contributed by atoms with Crippen molar-refractivity contribution in [2.75, 3.05) is 38.2 Å². The maximum Gasteiger partial charge on any atom is 0.282 e. The number of benzene rings is 2. The molecule has 0 spiro atoms. The zero-order valence-corrected chi connectivity index (χ0v) is 17.1. The summed E-state index contributed by atoms with van der Waals surface area (Å²) in [4.78, 5) is 2.57. The number of ether oxygens (including phenoxy) is 1. The number of halogens is 3. The summed E-state index contributed by atoms with van der Waals surface area (Å²) in [6.45, 7) is 3.22. The third-order valence-corrected chi connectivity index (χ3v) is 6.30. The molecule has 1 unspecified atom stereocenters. The molecule has 0 bridgehead atoms. The van der Waals surface area contributed by atoms with Crippen molar-refractivity contribution in [3.05, 3.63) is 47.1 Å². The molecule has 3 aromatic rings. The van der Waals surface area contributed by atoms with Gasteiger partial charge in [0.2, 0.25) is 0 Å². The Hall–Kier alpha value is -2.23. The van der Waals surface area contributed by atoms with Crippen LogP contribution in [-0.4, -0.2) is 46.7 Å². The summed E-state index contributed by atoms with van der Waals surface area (Å²) in [6, 6.07) is 9.63. The molecular formula is C19H19ClF2N4O2S. The van der Waals surface area contributed by atoms with Crippen LogP contribution in [0.15, 0.2) is 41.3 Å². The molecular weight excluding hydrogens is 422 g/mol. The number of nitrogens with one attached hydrogen (secondary N) is 1. The number of alkyl halides is 2. The number of anilines is 1.